The van der Waals surface area contributed by atoms with Crippen LogP contribution >= 0.6 is 0 Å². The zero-order chi connectivity index (χ0) is 20.9. The Balaban J connectivity index is 1.75. The first-order valence-corrected chi connectivity index (χ1v) is 9.54. The normalized spacial score (nSPS) is 34.5. The second-order valence-corrected chi connectivity index (χ2v) is 7.62. The van der Waals surface area contributed by atoms with Crippen molar-refractivity contribution in [3.63, 3.8) is 0 Å². The van der Waals surface area contributed by atoms with E-state index in [-0.39, 0.29) is 24.3 Å². The van der Waals surface area contributed by atoms with Crippen LogP contribution in [0.1, 0.15) is 38.5 Å². The third-order valence-electron chi connectivity index (χ3n) is 5.67. The highest BCUT2D eigenvalue weighted by molar-refractivity contribution is 5.21. The fourth-order valence-electron chi connectivity index (χ4n) is 3.96. The lowest BCUT2D eigenvalue weighted by Gasteiger charge is -2.35. The van der Waals surface area contributed by atoms with Crippen LogP contribution in [0.4, 0.5) is 22.0 Å². The van der Waals surface area contributed by atoms with Gasteiger partial charge in [0.15, 0.2) is 0 Å². The highest BCUT2D eigenvalue weighted by Gasteiger charge is 2.41. The maximum absolute atomic E-state index is 12.7. The Morgan fingerprint density at radius 3 is 2.29 bits per heavy atom. The summed E-state index contributed by atoms with van der Waals surface area (Å²) in [6.07, 6.45) is -4.28. The van der Waals surface area contributed by atoms with Crippen molar-refractivity contribution in [3.8, 4) is 0 Å². The Hall–Kier alpha value is -0.810. The molecule has 0 aliphatic heterocycles. The number of rotatable bonds is 8. The summed E-state index contributed by atoms with van der Waals surface area (Å²) in [4.78, 5) is 0. The predicted molar refractivity (Wildman–Crippen MR) is 90.6 cm³/mol. The highest BCUT2D eigenvalue weighted by Crippen LogP contribution is 2.40. The number of aliphatic hydroxyl groups is 3. The van der Waals surface area contributed by atoms with E-state index >= 15 is 0 Å². The predicted octanol–water partition coefficient (Wildman–Crippen LogP) is 2.36. The van der Waals surface area contributed by atoms with Crippen LogP contribution < -0.4 is 5.32 Å². The van der Waals surface area contributed by atoms with Gasteiger partial charge < -0.3 is 25.4 Å². The fourth-order valence-corrected chi connectivity index (χ4v) is 3.96. The monoisotopic (exact) mass is 417 g/mol. The highest BCUT2D eigenvalue weighted by atomic mass is 19.4. The van der Waals surface area contributed by atoms with Gasteiger partial charge in [0.1, 0.15) is 18.3 Å². The third-order valence-corrected chi connectivity index (χ3v) is 5.67. The van der Waals surface area contributed by atoms with Gasteiger partial charge in [-0.2, -0.15) is 22.0 Å². The molecule has 0 heterocycles. The molecule has 164 valence electrons. The van der Waals surface area contributed by atoms with E-state index in [4.69, 9.17) is 0 Å². The van der Waals surface area contributed by atoms with Crippen LogP contribution in [-0.4, -0.2) is 65.6 Å². The summed E-state index contributed by atoms with van der Waals surface area (Å²) < 4.78 is 66.6. The summed E-state index contributed by atoms with van der Waals surface area (Å²) >= 11 is 0. The number of ether oxygens (including phenoxy) is 1. The Kier molecular flexibility index (Phi) is 8.62. The molecule has 2 aliphatic rings. The van der Waals surface area contributed by atoms with Crippen LogP contribution in [-0.2, 0) is 4.74 Å². The van der Waals surface area contributed by atoms with Crippen molar-refractivity contribution in [1.82, 2.24) is 5.32 Å². The molecule has 0 spiro atoms. The summed E-state index contributed by atoms with van der Waals surface area (Å²) in [5, 5.41) is 32.8. The van der Waals surface area contributed by atoms with Crippen molar-refractivity contribution in [3.05, 3.63) is 11.6 Å². The van der Waals surface area contributed by atoms with E-state index in [1.54, 1.807) is 0 Å². The number of hydrogen-bond donors (Lipinski definition) is 4. The lowest BCUT2D eigenvalue weighted by Crippen LogP contribution is -2.54. The van der Waals surface area contributed by atoms with E-state index in [2.05, 4.69) is 10.1 Å². The minimum absolute atomic E-state index is 0.0565. The molecule has 2 rings (SSSR count). The molecule has 4 N–H and O–H groups in total. The van der Waals surface area contributed by atoms with Crippen LogP contribution in [0.15, 0.2) is 11.6 Å². The number of hydrogen-bond acceptors (Lipinski definition) is 5. The molecule has 0 unspecified atom stereocenters. The van der Waals surface area contributed by atoms with Crippen molar-refractivity contribution in [2.75, 3.05) is 13.2 Å². The number of alkyl halides is 5. The molecule has 5 nitrogen and oxygen atoms in total. The number of nitrogens with one attached hydrogen (secondary N) is 1. The summed E-state index contributed by atoms with van der Waals surface area (Å²) in [6, 6.07) is -0.740. The minimum Gasteiger partial charge on any atom is -0.388 e. The van der Waals surface area contributed by atoms with E-state index in [0.717, 1.165) is 6.42 Å². The molecule has 0 aromatic carbocycles. The molecule has 2 aliphatic carbocycles. The summed E-state index contributed by atoms with van der Waals surface area (Å²) in [5.41, 5.74) is 0.0565. The Labute approximate surface area is 160 Å². The van der Waals surface area contributed by atoms with Crippen molar-refractivity contribution in [2.45, 2.75) is 75.7 Å². The Morgan fingerprint density at radius 1 is 1.07 bits per heavy atom. The van der Waals surface area contributed by atoms with Gasteiger partial charge in [-0.25, -0.2) is 0 Å². The molecule has 0 radical (unpaired) electrons. The number of aliphatic hydroxyl groups excluding tert-OH is 3. The molecular weight excluding hydrogens is 389 g/mol. The van der Waals surface area contributed by atoms with Crippen LogP contribution in [0.25, 0.3) is 0 Å². The maximum atomic E-state index is 12.7. The van der Waals surface area contributed by atoms with Gasteiger partial charge >= 0.3 is 12.8 Å². The Bertz CT molecular complexity index is 509. The molecule has 4 atom stereocenters. The van der Waals surface area contributed by atoms with Crippen LogP contribution in [0.5, 0.6) is 0 Å². The van der Waals surface area contributed by atoms with Gasteiger partial charge in [-0.05, 0) is 56.6 Å². The maximum Gasteiger partial charge on any atom is 0.391 e. The van der Waals surface area contributed by atoms with Gasteiger partial charge in [0.05, 0.1) is 18.6 Å². The zero-order valence-electron chi connectivity index (χ0n) is 15.4. The number of halogens is 5. The lowest BCUT2D eigenvalue weighted by molar-refractivity contribution is -0.184. The minimum atomic E-state index is -4.12. The van der Waals surface area contributed by atoms with Crippen LogP contribution in [0.2, 0.25) is 0 Å². The summed E-state index contributed by atoms with van der Waals surface area (Å²) in [5.74, 6) is -0.971. The molecule has 0 amide bonds. The van der Waals surface area contributed by atoms with Gasteiger partial charge in [-0.1, -0.05) is 6.08 Å². The van der Waals surface area contributed by atoms with Crippen LogP contribution in [0.3, 0.4) is 0 Å². The van der Waals surface area contributed by atoms with Gasteiger partial charge in [0, 0.05) is 0 Å². The topological polar surface area (TPSA) is 82.0 Å². The van der Waals surface area contributed by atoms with Crippen molar-refractivity contribution in [1.29, 1.82) is 0 Å². The molecule has 0 bridgehead atoms. The molecule has 10 heteroatoms. The summed E-state index contributed by atoms with van der Waals surface area (Å²) in [6.45, 7) is -3.15. The average Bonchev–Trinajstić information content (AvgIpc) is 2.63. The van der Waals surface area contributed by atoms with E-state index in [1.165, 1.54) is 6.08 Å². The zero-order valence-corrected chi connectivity index (χ0v) is 15.4. The quantitative estimate of drug-likeness (QED) is 0.277. The first-order chi connectivity index (χ1) is 13.1. The van der Waals surface area contributed by atoms with Gasteiger partial charge in [0.25, 0.3) is 0 Å². The van der Waals surface area contributed by atoms with E-state index < -0.39 is 49.7 Å². The van der Waals surface area contributed by atoms with Crippen molar-refractivity contribution < 1.29 is 42.0 Å². The molecule has 0 aromatic heterocycles. The lowest BCUT2D eigenvalue weighted by atomic mass is 9.79. The molecule has 0 saturated heterocycles. The first kappa shape index (κ1) is 23.5. The van der Waals surface area contributed by atoms with Gasteiger partial charge in [-0.3, -0.25) is 0 Å². The molecule has 28 heavy (non-hydrogen) atoms. The largest absolute Gasteiger partial charge is 0.391 e. The van der Waals surface area contributed by atoms with E-state index in [0.29, 0.717) is 25.8 Å². The van der Waals surface area contributed by atoms with Gasteiger partial charge in [-0.15, -0.1) is 0 Å². The second-order valence-electron chi connectivity index (χ2n) is 7.62. The van der Waals surface area contributed by atoms with Gasteiger partial charge in [0.2, 0.25) is 0 Å². The second kappa shape index (κ2) is 10.3. The standard InChI is InChI=1S/C18H28F5NO4/c19-17(20)28-9-11-8-13(15(26)16(27)14(11)25)24-7-1-2-10-3-5-12(6-4-10)18(21,22)23/h8,10,12-17,24-27H,1-7,9H2/t10?,12?,13-,14+,15+,16+/m1/s1. The molecule has 1 fully saturated rings. The Morgan fingerprint density at radius 2 is 1.71 bits per heavy atom. The van der Waals surface area contributed by atoms with Crippen LogP contribution in [0, 0.1) is 11.8 Å². The molecular formula is C18H28F5NO4. The smallest absolute Gasteiger partial charge is 0.388 e. The fraction of sp³-hybridized carbons (Fsp3) is 0.889. The van der Waals surface area contributed by atoms with Crippen molar-refractivity contribution >= 4 is 0 Å². The molecule has 0 aromatic rings. The molecule has 1 saturated carbocycles. The third kappa shape index (κ3) is 6.62. The van der Waals surface area contributed by atoms with E-state index in [9.17, 15) is 37.3 Å². The van der Waals surface area contributed by atoms with E-state index in [1.807, 2.05) is 0 Å². The first-order valence-electron chi connectivity index (χ1n) is 9.54. The van der Waals surface area contributed by atoms with Crippen molar-refractivity contribution in [2.24, 2.45) is 11.8 Å². The SMILES string of the molecule is O[C@@H]1[C@@H](O)[C@@H](O)C(COC(F)F)=C[C@H]1NCCCC1CCC(C(F)(F)F)CC1. The summed E-state index contributed by atoms with van der Waals surface area (Å²) in [7, 11) is 0. The average molecular weight is 417 g/mol.